The number of nitrogens with zero attached hydrogens (tertiary/aromatic N) is 4. The van der Waals surface area contributed by atoms with Gasteiger partial charge in [0.2, 0.25) is 0 Å². The van der Waals surface area contributed by atoms with Crippen LogP contribution in [0.3, 0.4) is 0 Å². The highest BCUT2D eigenvalue weighted by atomic mass is 79.9. The average molecular weight is 300 g/mol. The summed E-state index contributed by atoms with van der Waals surface area (Å²) in [5, 5.41) is 3.37. The standard InChI is InChI=1S/C6H5BrN4.B8/c7-5-1-2-6(9-3-5)4-10-11-8;1-6(2)8(5)7(3)4/h1-3H,4H2;. The number of aromatic nitrogens is 1. The predicted molar refractivity (Wildman–Crippen MR) is 90.8 cm³/mol. The van der Waals surface area contributed by atoms with E-state index in [-0.39, 0.29) is 0 Å². The molecule has 0 bridgehead atoms. The van der Waals surface area contributed by atoms with Crippen LogP contribution in [0, 0.1) is 0 Å². The maximum absolute atomic E-state index is 8.00. The van der Waals surface area contributed by atoms with Gasteiger partial charge in [-0.2, -0.15) is 0 Å². The lowest BCUT2D eigenvalue weighted by molar-refractivity contribution is 0.973. The third kappa shape index (κ3) is 9.06. The van der Waals surface area contributed by atoms with Crippen LogP contribution >= 0.6 is 15.9 Å². The first kappa shape index (κ1) is 18.5. The van der Waals surface area contributed by atoms with E-state index in [1.807, 2.05) is 6.07 Å². The summed E-state index contributed by atoms with van der Waals surface area (Å²) >= 11 is 3.25. The fourth-order valence-electron chi connectivity index (χ4n) is 0.861. The smallest absolute Gasteiger partial charge is 0.0684 e. The van der Waals surface area contributed by atoms with Crippen molar-refractivity contribution in [3.63, 3.8) is 0 Å². The van der Waals surface area contributed by atoms with Gasteiger partial charge < -0.3 is 0 Å². The van der Waals surface area contributed by atoms with Gasteiger partial charge in [-0.3, -0.25) is 4.98 Å². The van der Waals surface area contributed by atoms with Gasteiger partial charge in [0, 0.05) is 79.1 Å². The van der Waals surface area contributed by atoms with Gasteiger partial charge in [-0.15, -0.1) is 0 Å². The van der Waals surface area contributed by atoms with Gasteiger partial charge in [0.25, 0.3) is 0 Å². The zero-order valence-corrected chi connectivity index (χ0v) is 11.8. The van der Waals surface area contributed by atoms with Crippen molar-refractivity contribution in [1.29, 1.82) is 0 Å². The van der Waals surface area contributed by atoms with E-state index in [2.05, 4.69) is 30.9 Å². The third-order valence-corrected chi connectivity index (χ3v) is 2.44. The van der Waals surface area contributed by atoms with Gasteiger partial charge in [0.1, 0.15) is 0 Å². The summed E-state index contributed by atoms with van der Waals surface area (Å²) in [5.74, 6) is 0. The van der Waals surface area contributed by atoms with Crippen LogP contribution < -0.4 is 0 Å². The zero-order valence-electron chi connectivity index (χ0n) is 10.2. The Morgan fingerprint density at radius 2 is 1.79 bits per heavy atom. The number of pyridine rings is 1. The predicted octanol–water partition coefficient (Wildman–Crippen LogP) is -0.392. The third-order valence-electron chi connectivity index (χ3n) is 1.97. The fourth-order valence-corrected chi connectivity index (χ4v) is 1.10. The van der Waals surface area contributed by atoms with Crippen LogP contribution in [0.5, 0.6) is 0 Å². The summed E-state index contributed by atoms with van der Waals surface area (Å²) in [7, 11) is 25.8. The van der Waals surface area contributed by atoms with E-state index in [1.54, 1.807) is 12.3 Å². The second kappa shape index (κ2) is 10.3. The molecule has 0 spiro atoms. The Bertz CT molecular complexity index is 400. The first-order valence-corrected chi connectivity index (χ1v) is 6.07. The molecule has 0 amide bonds. The molecular weight excluding hydrogens is 294 g/mol. The minimum Gasteiger partial charge on any atom is -0.260 e. The summed E-state index contributed by atoms with van der Waals surface area (Å²) in [4.78, 5) is 6.63. The Morgan fingerprint density at radius 3 is 2.11 bits per heavy atom. The Kier molecular flexibility index (Phi) is 9.98. The molecule has 0 N–H and O–H groups in total. The van der Waals surface area contributed by atoms with Crippen LogP contribution in [0.2, 0.25) is 0 Å². The van der Waals surface area contributed by atoms with Crippen molar-refractivity contribution >= 4 is 73.8 Å². The first-order chi connectivity index (χ1) is 8.88. The van der Waals surface area contributed by atoms with Crippen molar-refractivity contribution in [3.8, 4) is 0 Å². The van der Waals surface area contributed by atoms with E-state index in [9.17, 15) is 0 Å². The van der Waals surface area contributed by atoms with Crippen LogP contribution in [-0.4, -0.2) is 62.8 Å². The molecule has 4 nitrogen and oxygen atoms in total. The number of halogens is 1. The van der Waals surface area contributed by atoms with Crippen LogP contribution in [0.1, 0.15) is 5.69 Å². The molecule has 0 fully saturated rings. The molecule has 10 radical (unpaired) electrons. The van der Waals surface area contributed by atoms with Crippen molar-refractivity contribution in [2.24, 2.45) is 5.11 Å². The zero-order chi connectivity index (χ0) is 14.8. The molecule has 0 unspecified atom stereocenters. The highest BCUT2D eigenvalue weighted by Crippen LogP contribution is 2.07. The minimum atomic E-state index is -0.630. The Morgan fingerprint density at radius 1 is 1.21 bits per heavy atom. The Balaban J connectivity index is 0.000000362. The van der Waals surface area contributed by atoms with E-state index in [4.69, 9.17) is 44.2 Å². The van der Waals surface area contributed by atoms with E-state index < -0.39 is 19.2 Å². The van der Waals surface area contributed by atoms with Gasteiger partial charge in [-0.1, -0.05) is 5.11 Å². The van der Waals surface area contributed by atoms with E-state index >= 15 is 0 Å². The van der Waals surface area contributed by atoms with Gasteiger partial charge in [-0.25, -0.2) is 0 Å². The molecule has 13 heteroatoms. The molecule has 0 aliphatic heterocycles. The number of rotatable bonds is 4. The highest BCUT2D eigenvalue weighted by molar-refractivity contribution is 9.10. The molecule has 0 aromatic carbocycles. The van der Waals surface area contributed by atoms with Crippen molar-refractivity contribution in [3.05, 3.63) is 38.9 Å². The van der Waals surface area contributed by atoms with Crippen LogP contribution in [-0.2, 0) is 6.54 Å². The van der Waals surface area contributed by atoms with Gasteiger partial charge >= 0.3 is 0 Å². The van der Waals surface area contributed by atoms with Gasteiger partial charge in [-0.05, 0) is 33.6 Å². The fraction of sp³-hybridized carbons (Fsp3) is 0.167. The van der Waals surface area contributed by atoms with Gasteiger partial charge in [0.05, 0.1) is 6.54 Å². The van der Waals surface area contributed by atoms with E-state index in [1.165, 1.54) is 0 Å². The molecular formula is C6H5B8BrN4. The summed E-state index contributed by atoms with van der Waals surface area (Å²) in [6, 6.07) is 3.66. The van der Waals surface area contributed by atoms with Gasteiger partial charge in [0.15, 0.2) is 0 Å². The van der Waals surface area contributed by atoms with E-state index in [0.717, 1.165) is 10.2 Å². The molecule has 1 aromatic heterocycles. The Labute approximate surface area is 129 Å². The molecule has 80 valence electrons. The normalized spacial score (nSPS) is 8.47. The molecule has 1 rings (SSSR count). The molecule has 0 saturated carbocycles. The summed E-state index contributed by atoms with van der Waals surface area (Å²) < 4.78 is 0.919. The van der Waals surface area contributed by atoms with Crippen LogP contribution in [0.15, 0.2) is 27.9 Å². The lowest BCUT2D eigenvalue weighted by Crippen LogP contribution is -2.52. The molecule has 19 heavy (non-hydrogen) atoms. The molecule has 1 heterocycles. The second-order valence-corrected chi connectivity index (χ2v) is 4.50. The number of azide groups is 1. The van der Waals surface area contributed by atoms with Crippen molar-refractivity contribution in [2.45, 2.75) is 6.54 Å². The largest absolute Gasteiger partial charge is 0.260 e. The van der Waals surface area contributed by atoms with E-state index in [0.29, 0.717) is 6.54 Å². The molecule has 0 saturated heterocycles. The molecule has 0 aliphatic carbocycles. The molecule has 0 atom stereocenters. The summed E-state index contributed by atoms with van der Waals surface area (Å²) in [6.07, 6.45) is -0.109. The SMILES string of the molecule is [B]B([B])B([B])B([B])[B].[N-]=[N+]=NCc1ccc(Br)cn1. The second-order valence-electron chi connectivity index (χ2n) is 3.59. The van der Waals surface area contributed by atoms with Crippen LogP contribution in [0.4, 0.5) is 0 Å². The van der Waals surface area contributed by atoms with Crippen molar-refractivity contribution < 1.29 is 0 Å². The summed E-state index contributed by atoms with van der Waals surface area (Å²) in [6.45, 7) is 0.309. The quantitative estimate of drug-likeness (QED) is 0.323. The van der Waals surface area contributed by atoms with Crippen molar-refractivity contribution in [2.75, 3.05) is 0 Å². The summed E-state index contributed by atoms with van der Waals surface area (Å²) in [5.41, 5.74) is 8.77. The number of hydrogen-bond acceptors (Lipinski definition) is 2. The topological polar surface area (TPSA) is 61.7 Å². The van der Waals surface area contributed by atoms with Crippen molar-refractivity contribution in [1.82, 2.24) is 4.98 Å². The highest BCUT2D eigenvalue weighted by Gasteiger charge is 2.14. The molecule has 0 aliphatic rings. The number of hydrogen-bond donors (Lipinski definition) is 0. The maximum atomic E-state index is 8.00. The molecule has 1 aromatic rings. The lowest BCUT2D eigenvalue weighted by atomic mass is 8.68. The first-order valence-electron chi connectivity index (χ1n) is 5.27. The maximum Gasteiger partial charge on any atom is 0.0684 e. The lowest BCUT2D eigenvalue weighted by Gasteiger charge is -2.13. The Hall–Kier alpha value is -0.541. The van der Waals surface area contributed by atoms with Crippen LogP contribution in [0.25, 0.3) is 10.4 Å². The minimum absolute atomic E-state index is 0.309. The average Bonchev–Trinajstić information content (AvgIpc) is 2.37. The monoisotopic (exact) mass is 300 g/mol.